The van der Waals surface area contributed by atoms with Crippen molar-refractivity contribution in [3.63, 3.8) is 0 Å². The van der Waals surface area contributed by atoms with E-state index in [-0.39, 0.29) is 24.6 Å². The Morgan fingerprint density at radius 2 is 1.82 bits per heavy atom. The lowest BCUT2D eigenvalue weighted by atomic mass is 9.90. The van der Waals surface area contributed by atoms with Crippen molar-refractivity contribution < 1.29 is 29.0 Å². The molecule has 1 amide bonds. The number of aliphatic hydroxyl groups excluding tert-OH is 2. The Hall–Kier alpha value is -3.84. The largest absolute Gasteiger partial charge is 0.503 e. The fourth-order valence-corrected chi connectivity index (χ4v) is 3.97. The molecule has 7 nitrogen and oxygen atoms in total. The number of carbonyl (C=O) groups excluding carboxylic acids is 2. The van der Waals surface area contributed by atoms with Gasteiger partial charge in [0, 0.05) is 22.7 Å². The molecule has 0 bridgehead atoms. The van der Waals surface area contributed by atoms with Crippen LogP contribution in [-0.2, 0) is 9.59 Å². The van der Waals surface area contributed by atoms with Crippen LogP contribution in [0.1, 0.15) is 25.5 Å². The van der Waals surface area contributed by atoms with E-state index in [1.165, 1.54) is 4.90 Å². The van der Waals surface area contributed by atoms with Crippen LogP contribution in [0.15, 0.2) is 82.9 Å². The Morgan fingerprint density at radius 1 is 1.09 bits per heavy atom. The average Bonchev–Trinajstić information content (AvgIpc) is 3.45. The summed E-state index contributed by atoms with van der Waals surface area (Å²) >= 11 is 0. The second-order valence-electron chi connectivity index (χ2n) is 8.03. The van der Waals surface area contributed by atoms with E-state index in [0.717, 1.165) is 11.1 Å². The van der Waals surface area contributed by atoms with Gasteiger partial charge in [-0.1, -0.05) is 44.2 Å². The van der Waals surface area contributed by atoms with Gasteiger partial charge in [-0.15, -0.1) is 0 Å². The standard InChI is InChI=1S/C26H25NO6/c1-16(2)24(29)22-23(20-5-3-4-6-21(20)33-14-12-28)27(26(31)25(22)30)19-9-7-17(8-10-19)18-11-13-32-15-18/h3-11,13,15-16,23,28,30H,12,14H2,1-2H3. The van der Waals surface area contributed by atoms with E-state index in [2.05, 4.69) is 0 Å². The molecule has 7 heteroatoms. The number of aliphatic hydroxyl groups is 2. The van der Waals surface area contributed by atoms with Crippen molar-refractivity contribution in [1.29, 1.82) is 0 Å². The molecule has 170 valence electrons. The van der Waals surface area contributed by atoms with Crippen molar-refractivity contribution in [3.05, 3.63) is 84.0 Å². The Bertz CT molecular complexity index is 1180. The topological polar surface area (TPSA) is 100 Å². The van der Waals surface area contributed by atoms with Crippen LogP contribution in [0.4, 0.5) is 5.69 Å². The molecule has 0 aliphatic carbocycles. The number of rotatable bonds is 8. The highest BCUT2D eigenvalue weighted by atomic mass is 16.5. The van der Waals surface area contributed by atoms with Gasteiger partial charge in [0.15, 0.2) is 11.5 Å². The maximum atomic E-state index is 13.2. The fraction of sp³-hybridized carbons (Fsp3) is 0.231. The number of ketones is 1. The Labute approximate surface area is 191 Å². The summed E-state index contributed by atoms with van der Waals surface area (Å²) in [5, 5.41) is 20.0. The normalized spacial score (nSPS) is 16.1. The molecule has 0 saturated heterocycles. The average molecular weight is 447 g/mol. The molecule has 1 aliphatic heterocycles. The summed E-state index contributed by atoms with van der Waals surface area (Å²) in [6, 6.07) is 15.2. The summed E-state index contributed by atoms with van der Waals surface area (Å²) < 4.78 is 10.8. The van der Waals surface area contributed by atoms with Crippen molar-refractivity contribution in [2.45, 2.75) is 19.9 Å². The van der Waals surface area contributed by atoms with Gasteiger partial charge in [-0.05, 0) is 29.8 Å². The number of carbonyl (C=O) groups is 2. The number of furan rings is 1. The van der Waals surface area contributed by atoms with Crippen LogP contribution in [0, 0.1) is 5.92 Å². The summed E-state index contributed by atoms with van der Waals surface area (Å²) in [7, 11) is 0. The maximum absolute atomic E-state index is 13.2. The first kappa shape index (κ1) is 22.4. The zero-order valence-electron chi connectivity index (χ0n) is 18.4. The lowest BCUT2D eigenvalue weighted by Gasteiger charge is -2.28. The molecule has 1 atom stereocenters. The summed E-state index contributed by atoms with van der Waals surface area (Å²) in [6.07, 6.45) is 3.21. The van der Waals surface area contributed by atoms with Gasteiger partial charge in [-0.2, -0.15) is 0 Å². The van der Waals surface area contributed by atoms with E-state index in [4.69, 9.17) is 9.15 Å². The van der Waals surface area contributed by atoms with Gasteiger partial charge in [0.25, 0.3) is 5.91 Å². The minimum Gasteiger partial charge on any atom is -0.503 e. The lowest BCUT2D eigenvalue weighted by Crippen LogP contribution is -2.31. The number of anilines is 1. The van der Waals surface area contributed by atoms with Crippen LogP contribution < -0.4 is 9.64 Å². The number of para-hydroxylation sites is 1. The molecular formula is C26H25NO6. The number of Topliss-reactive ketones (excluding diaryl/α,β-unsaturated/α-hetero) is 1. The minimum atomic E-state index is -0.873. The number of hydrogen-bond acceptors (Lipinski definition) is 6. The Balaban J connectivity index is 1.83. The van der Waals surface area contributed by atoms with Crippen molar-refractivity contribution in [2.24, 2.45) is 5.92 Å². The third-order valence-electron chi connectivity index (χ3n) is 5.56. The van der Waals surface area contributed by atoms with Gasteiger partial charge in [0.2, 0.25) is 0 Å². The molecule has 1 aromatic heterocycles. The molecule has 0 spiro atoms. The predicted molar refractivity (Wildman–Crippen MR) is 123 cm³/mol. The van der Waals surface area contributed by atoms with Crippen molar-refractivity contribution in [1.82, 2.24) is 0 Å². The maximum Gasteiger partial charge on any atom is 0.294 e. The van der Waals surface area contributed by atoms with Gasteiger partial charge in [0.1, 0.15) is 12.4 Å². The highest BCUT2D eigenvalue weighted by molar-refractivity contribution is 6.17. The Morgan fingerprint density at radius 3 is 2.45 bits per heavy atom. The van der Waals surface area contributed by atoms with E-state index in [9.17, 15) is 19.8 Å². The lowest BCUT2D eigenvalue weighted by molar-refractivity contribution is -0.119. The first-order valence-electron chi connectivity index (χ1n) is 10.7. The summed E-state index contributed by atoms with van der Waals surface area (Å²) in [5.41, 5.74) is 2.90. The van der Waals surface area contributed by atoms with Gasteiger partial charge in [-0.25, -0.2) is 0 Å². The molecule has 0 fully saturated rings. The second kappa shape index (κ2) is 9.34. The van der Waals surface area contributed by atoms with Crippen LogP contribution in [0.2, 0.25) is 0 Å². The molecule has 2 N–H and O–H groups in total. The van der Waals surface area contributed by atoms with Crippen LogP contribution in [0.25, 0.3) is 11.1 Å². The van der Waals surface area contributed by atoms with Crippen LogP contribution >= 0.6 is 0 Å². The van der Waals surface area contributed by atoms with E-state index >= 15 is 0 Å². The SMILES string of the molecule is CC(C)C(=O)C1=C(O)C(=O)N(c2ccc(-c3ccoc3)cc2)C1c1ccccc1OCCO. The van der Waals surface area contributed by atoms with Crippen molar-refractivity contribution in [2.75, 3.05) is 18.1 Å². The van der Waals surface area contributed by atoms with E-state index in [1.807, 2.05) is 18.2 Å². The molecule has 0 saturated carbocycles. The third-order valence-corrected chi connectivity index (χ3v) is 5.56. The smallest absolute Gasteiger partial charge is 0.294 e. The van der Waals surface area contributed by atoms with Crippen molar-refractivity contribution >= 4 is 17.4 Å². The number of hydrogen-bond donors (Lipinski definition) is 2. The second-order valence-corrected chi connectivity index (χ2v) is 8.03. The number of amides is 1. The van der Waals surface area contributed by atoms with Crippen LogP contribution in [0.3, 0.4) is 0 Å². The number of nitrogens with zero attached hydrogens (tertiary/aromatic N) is 1. The van der Waals surface area contributed by atoms with E-state index < -0.39 is 23.6 Å². The van der Waals surface area contributed by atoms with Crippen LogP contribution in [-0.4, -0.2) is 35.1 Å². The summed E-state index contributed by atoms with van der Waals surface area (Å²) in [4.78, 5) is 27.8. The summed E-state index contributed by atoms with van der Waals surface area (Å²) in [6.45, 7) is 3.32. The van der Waals surface area contributed by atoms with Gasteiger partial charge >= 0.3 is 0 Å². The molecular weight excluding hydrogens is 422 g/mol. The van der Waals surface area contributed by atoms with Gasteiger partial charge in [-0.3, -0.25) is 14.5 Å². The minimum absolute atomic E-state index is 0.0361. The van der Waals surface area contributed by atoms with E-state index in [0.29, 0.717) is 17.0 Å². The number of ether oxygens (including phenoxy) is 1. The quantitative estimate of drug-likeness (QED) is 0.529. The molecule has 33 heavy (non-hydrogen) atoms. The molecule has 0 radical (unpaired) electrons. The number of benzene rings is 2. The van der Waals surface area contributed by atoms with E-state index in [1.54, 1.807) is 62.8 Å². The Kier molecular flexibility index (Phi) is 6.33. The molecule has 3 aromatic rings. The zero-order valence-corrected chi connectivity index (χ0v) is 18.4. The molecule has 2 aromatic carbocycles. The first-order valence-corrected chi connectivity index (χ1v) is 10.7. The molecule has 1 unspecified atom stereocenters. The zero-order chi connectivity index (χ0) is 23.5. The summed E-state index contributed by atoms with van der Waals surface area (Å²) in [5.74, 6) is -1.54. The molecule has 4 rings (SSSR count). The van der Waals surface area contributed by atoms with Gasteiger partial charge in [0.05, 0.1) is 30.7 Å². The monoisotopic (exact) mass is 447 g/mol. The van der Waals surface area contributed by atoms with Crippen LogP contribution in [0.5, 0.6) is 5.75 Å². The third kappa shape index (κ3) is 4.15. The first-order chi connectivity index (χ1) is 15.9. The van der Waals surface area contributed by atoms with Crippen molar-refractivity contribution in [3.8, 4) is 16.9 Å². The predicted octanol–water partition coefficient (Wildman–Crippen LogP) is 4.44. The highest BCUT2D eigenvalue weighted by Crippen LogP contribution is 2.44. The fourth-order valence-electron chi connectivity index (χ4n) is 3.97. The highest BCUT2D eigenvalue weighted by Gasteiger charge is 2.45. The van der Waals surface area contributed by atoms with Gasteiger partial charge < -0.3 is 19.4 Å². The molecule has 2 heterocycles. The molecule has 1 aliphatic rings.